The average Bonchev–Trinajstić information content (AvgIpc) is 3.41. The van der Waals surface area contributed by atoms with Gasteiger partial charge in [0.1, 0.15) is 12.4 Å². The van der Waals surface area contributed by atoms with Crippen LogP contribution in [0.1, 0.15) is 61.9 Å². The van der Waals surface area contributed by atoms with Crippen molar-refractivity contribution in [3.8, 4) is 0 Å². The summed E-state index contributed by atoms with van der Waals surface area (Å²) >= 11 is 0. The molecule has 2 aromatic heterocycles. The molecule has 0 radical (unpaired) electrons. The topological polar surface area (TPSA) is 108 Å². The molecule has 2 atom stereocenters. The molecule has 1 aromatic carbocycles. The van der Waals surface area contributed by atoms with Crippen LogP contribution in [0.5, 0.6) is 0 Å². The molecule has 3 aromatic rings. The maximum atomic E-state index is 13.4. The number of benzene rings is 1. The van der Waals surface area contributed by atoms with Crippen molar-refractivity contribution in [2.45, 2.75) is 70.9 Å². The summed E-state index contributed by atoms with van der Waals surface area (Å²) in [5, 5.41) is 23.6. The van der Waals surface area contributed by atoms with Crippen molar-refractivity contribution in [2.24, 2.45) is 17.3 Å². The fourth-order valence-electron chi connectivity index (χ4n) is 7.86. The van der Waals surface area contributed by atoms with Crippen LogP contribution < -0.4 is 5.32 Å². The van der Waals surface area contributed by atoms with Crippen molar-refractivity contribution in [2.75, 3.05) is 5.32 Å². The lowest BCUT2D eigenvalue weighted by molar-refractivity contribution is -0.385. The Kier molecular flexibility index (Phi) is 5.28. The zero-order valence-corrected chi connectivity index (χ0v) is 20.8. The van der Waals surface area contributed by atoms with Gasteiger partial charge in [0.05, 0.1) is 34.1 Å². The van der Waals surface area contributed by atoms with E-state index < -0.39 is 0 Å². The molecule has 4 fully saturated rings. The van der Waals surface area contributed by atoms with Crippen molar-refractivity contribution in [3.05, 3.63) is 69.8 Å². The highest BCUT2D eigenvalue weighted by molar-refractivity contribution is 5.92. The summed E-state index contributed by atoms with van der Waals surface area (Å²) in [5.74, 6) is 1.11. The number of rotatable bonds is 7. The third-order valence-corrected chi connectivity index (χ3v) is 8.77. The number of nitrogens with zero attached hydrogens (tertiary/aromatic N) is 5. The lowest BCUT2D eigenvalue weighted by atomic mass is 9.46. The molecule has 0 spiro atoms. The largest absolute Gasteiger partial charge is 0.323 e. The quantitative estimate of drug-likeness (QED) is 0.373. The molecule has 2 unspecified atom stereocenters. The Bertz CT molecular complexity index is 1310. The van der Waals surface area contributed by atoms with Gasteiger partial charge in [0.2, 0.25) is 5.91 Å². The number of aromatic nitrogens is 4. The van der Waals surface area contributed by atoms with E-state index in [2.05, 4.69) is 27.6 Å². The van der Waals surface area contributed by atoms with E-state index in [0.717, 1.165) is 49.2 Å². The highest BCUT2D eigenvalue weighted by Gasteiger charge is 2.59. The Morgan fingerprint density at radius 3 is 2.56 bits per heavy atom. The van der Waals surface area contributed by atoms with E-state index in [4.69, 9.17) is 0 Å². The van der Waals surface area contributed by atoms with Crippen LogP contribution in [0.25, 0.3) is 0 Å². The summed E-state index contributed by atoms with van der Waals surface area (Å²) in [4.78, 5) is 24.3. The van der Waals surface area contributed by atoms with Gasteiger partial charge in [-0.15, -0.1) is 0 Å². The second-order valence-electron chi connectivity index (χ2n) is 11.5. The predicted octanol–water partition coefficient (Wildman–Crippen LogP) is 4.98. The van der Waals surface area contributed by atoms with Crippen LogP contribution in [-0.4, -0.2) is 30.4 Å². The van der Waals surface area contributed by atoms with Gasteiger partial charge in [0.15, 0.2) is 0 Å². The minimum atomic E-state index is -0.379. The Morgan fingerprint density at radius 1 is 1.17 bits per heavy atom. The van der Waals surface area contributed by atoms with Gasteiger partial charge in [-0.2, -0.15) is 10.2 Å². The Labute approximate surface area is 210 Å². The van der Waals surface area contributed by atoms with Gasteiger partial charge < -0.3 is 5.32 Å². The van der Waals surface area contributed by atoms with E-state index in [0.29, 0.717) is 24.8 Å². The first-order valence-electron chi connectivity index (χ1n) is 12.8. The number of carbonyl (C=O) groups is 1. The molecular weight excluding hydrogens is 456 g/mol. The van der Waals surface area contributed by atoms with E-state index in [1.807, 2.05) is 41.4 Å². The standard InChI is InChI=1S/C27H32N6O3/c1-18-25(19(2)31(30-18)15-20-6-4-3-5-7-20)29-24(34)13-26-9-21-8-22(10-26)12-27(11-21,17-26)32-16-23(14-28-32)33(35)36/h3-7,14,16,21-22H,8-13,15,17H2,1-2H3,(H,29,34). The Hall–Kier alpha value is -3.49. The van der Waals surface area contributed by atoms with E-state index in [1.54, 1.807) is 6.20 Å². The molecule has 1 amide bonds. The number of hydrogen-bond donors (Lipinski definition) is 1. The van der Waals surface area contributed by atoms with Gasteiger partial charge >= 0.3 is 5.69 Å². The lowest BCUT2D eigenvalue weighted by Gasteiger charge is -2.61. The fraction of sp³-hybridized carbons (Fsp3) is 0.519. The van der Waals surface area contributed by atoms with Gasteiger partial charge in [0, 0.05) is 6.42 Å². The molecule has 2 heterocycles. The molecule has 4 bridgehead atoms. The van der Waals surface area contributed by atoms with E-state index in [-0.39, 0.29) is 27.5 Å². The molecule has 1 N–H and O–H groups in total. The maximum absolute atomic E-state index is 13.4. The van der Waals surface area contributed by atoms with Gasteiger partial charge in [-0.1, -0.05) is 30.3 Å². The van der Waals surface area contributed by atoms with Crippen molar-refractivity contribution in [1.82, 2.24) is 19.6 Å². The molecule has 0 saturated heterocycles. The third kappa shape index (κ3) is 3.90. The number of anilines is 1. The van der Waals surface area contributed by atoms with Crippen LogP contribution in [-0.2, 0) is 16.9 Å². The summed E-state index contributed by atoms with van der Waals surface area (Å²) in [5.41, 5.74) is 3.48. The first-order chi connectivity index (χ1) is 17.2. The SMILES string of the molecule is Cc1nn(Cc2ccccc2)c(C)c1NC(=O)CC12CC3CC(C1)CC(n1cc([N+](=O)[O-])cn1)(C3)C2. The zero-order chi connectivity index (χ0) is 25.1. The Balaban J connectivity index is 1.21. The molecule has 36 heavy (non-hydrogen) atoms. The second kappa shape index (κ2) is 8.28. The molecule has 9 nitrogen and oxygen atoms in total. The summed E-state index contributed by atoms with van der Waals surface area (Å²) in [7, 11) is 0. The minimum absolute atomic E-state index is 0.0315. The summed E-state index contributed by atoms with van der Waals surface area (Å²) in [6, 6.07) is 10.2. The molecule has 4 aliphatic rings. The molecule has 0 aliphatic heterocycles. The number of carbonyl (C=O) groups excluding carboxylic acids is 1. The predicted molar refractivity (Wildman–Crippen MR) is 134 cm³/mol. The highest BCUT2D eigenvalue weighted by Crippen LogP contribution is 2.65. The minimum Gasteiger partial charge on any atom is -0.323 e. The van der Waals surface area contributed by atoms with Crippen LogP contribution >= 0.6 is 0 Å². The van der Waals surface area contributed by atoms with E-state index in [9.17, 15) is 14.9 Å². The number of nitro groups is 1. The Morgan fingerprint density at radius 2 is 1.89 bits per heavy atom. The van der Waals surface area contributed by atoms with Crippen molar-refractivity contribution < 1.29 is 9.72 Å². The summed E-state index contributed by atoms with van der Waals surface area (Å²) in [6.07, 6.45) is 9.55. The highest BCUT2D eigenvalue weighted by atomic mass is 16.6. The molecule has 9 heteroatoms. The van der Waals surface area contributed by atoms with Crippen molar-refractivity contribution in [3.63, 3.8) is 0 Å². The summed E-state index contributed by atoms with van der Waals surface area (Å²) in [6.45, 7) is 4.60. The number of amides is 1. The fourth-order valence-corrected chi connectivity index (χ4v) is 7.86. The molecule has 4 saturated carbocycles. The van der Waals surface area contributed by atoms with Crippen molar-refractivity contribution in [1.29, 1.82) is 0 Å². The van der Waals surface area contributed by atoms with E-state index >= 15 is 0 Å². The van der Waals surface area contributed by atoms with Gasteiger partial charge in [0.25, 0.3) is 0 Å². The first kappa shape index (κ1) is 22.9. The molecule has 7 rings (SSSR count). The number of aryl methyl sites for hydroxylation is 1. The lowest BCUT2D eigenvalue weighted by Crippen LogP contribution is -2.57. The normalized spacial score (nSPS) is 28.4. The number of hydrogen-bond acceptors (Lipinski definition) is 5. The first-order valence-corrected chi connectivity index (χ1v) is 12.8. The van der Waals surface area contributed by atoms with Crippen LogP contribution in [0, 0.1) is 41.2 Å². The van der Waals surface area contributed by atoms with Gasteiger partial charge in [-0.05, 0) is 75.2 Å². The number of nitrogens with one attached hydrogen (secondary N) is 1. The second-order valence-corrected chi connectivity index (χ2v) is 11.5. The van der Waals surface area contributed by atoms with E-state index in [1.165, 1.54) is 18.2 Å². The van der Waals surface area contributed by atoms with Crippen LogP contribution in [0.3, 0.4) is 0 Å². The van der Waals surface area contributed by atoms with Gasteiger partial charge in [-0.25, -0.2) is 0 Å². The molecule has 4 aliphatic carbocycles. The summed E-state index contributed by atoms with van der Waals surface area (Å²) < 4.78 is 3.81. The monoisotopic (exact) mass is 488 g/mol. The average molecular weight is 489 g/mol. The third-order valence-electron chi connectivity index (χ3n) is 8.77. The molecule has 188 valence electrons. The molecular formula is C27H32N6O3. The van der Waals surface area contributed by atoms with Gasteiger partial charge in [-0.3, -0.25) is 24.3 Å². The van der Waals surface area contributed by atoms with Crippen LogP contribution in [0.15, 0.2) is 42.7 Å². The van der Waals surface area contributed by atoms with Crippen LogP contribution in [0.4, 0.5) is 11.4 Å². The zero-order valence-electron chi connectivity index (χ0n) is 20.8. The van der Waals surface area contributed by atoms with Crippen molar-refractivity contribution >= 4 is 17.3 Å². The maximum Gasteiger partial charge on any atom is 0.307 e. The van der Waals surface area contributed by atoms with Crippen LogP contribution in [0.2, 0.25) is 0 Å². The smallest absolute Gasteiger partial charge is 0.307 e.